The van der Waals surface area contributed by atoms with Gasteiger partial charge in [0.2, 0.25) is 5.91 Å². The number of hydrogen-bond donors (Lipinski definition) is 2. The van der Waals surface area contributed by atoms with Gasteiger partial charge in [-0.25, -0.2) is 10.8 Å². The molecule has 1 aromatic rings. The lowest BCUT2D eigenvalue weighted by molar-refractivity contribution is -0.131. The Morgan fingerprint density at radius 1 is 1.48 bits per heavy atom. The van der Waals surface area contributed by atoms with E-state index in [0.717, 1.165) is 19.4 Å². The summed E-state index contributed by atoms with van der Waals surface area (Å²) in [5.74, 6) is 7.33. The second-order valence-corrected chi connectivity index (χ2v) is 6.32. The van der Waals surface area contributed by atoms with Crippen LogP contribution in [-0.2, 0) is 11.3 Å². The number of amides is 1. The molecule has 1 saturated heterocycles. The molecule has 1 fully saturated rings. The van der Waals surface area contributed by atoms with Crippen LogP contribution in [0.25, 0.3) is 0 Å². The molecule has 0 aromatic carbocycles. The third-order valence-electron chi connectivity index (χ3n) is 4.20. The molecule has 1 aliphatic rings. The maximum Gasteiger partial charge on any atom is 0.222 e. The second-order valence-electron chi connectivity index (χ2n) is 5.92. The zero-order valence-electron chi connectivity index (χ0n) is 12.6. The van der Waals surface area contributed by atoms with Crippen molar-refractivity contribution in [1.82, 2.24) is 9.88 Å². The standard InChI is InChI=1S/C15H23ClN4O/c1-10(2)11-3-6-15(21)20(8-7-11)9-13-12(16)4-5-14(18-13)19-17/h4-5,10-11H,3,6-9,17H2,1-2H3,(H,18,19). The Balaban J connectivity index is 2.09. The van der Waals surface area contributed by atoms with Gasteiger partial charge in [-0.1, -0.05) is 25.4 Å². The van der Waals surface area contributed by atoms with Crippen LogP contribution in [0.3, 0.4) is 0 Å². The first-order chi connectivity index (χ1) is 10.0. The number of nitrogen functional groups attached to an aromatic ring is 1. The maximum absolute atomic E-state index is 12.3. The Bertz CT molecular complexity index is 506. The third-order valence-corrected chi connectivity index (χ3v) is 4.55. The monoisotopic (exact) mass is 310 g/mol. The summed E-state index contributed by atoms with van der Waals surface area (Å²) in [5, 5.41) is 0.562. The van der Waals surface area contributed by atoms with Crippen molar-refractivity contribution < 1.29 is 4.79 Å². The zero-order chi connectivity index (χ0) is 15.4. The summed E-state index contributed by atoms with van der Waals surface area (Å²) in [6.07, 6.45) is 2.61. The van der Waals surface area contributed by atoms with Crippen LogP contribution in [0.5, 0.6) is 0 Å². The van der Waals surface area contributed by atoms with E-state index in [-0.39, 0.29) is 5.91 Å². The van der Waals surface area contributed by atoms with Crippen molar-refractivity contribution in [2.45, 2.75) is 39.7 Å². The summed E-state index contributed by atoms with van der Waals surface area (Å²) < 4.78 is 0. The Labute approximate surface area is 130 Å². The highest BCUT2D eigenvalue weighted by Gasteiger charge is 2.25. The minimum Gasteiger partial charge on any atom is -0.337 e. The van der Waals surface area contributed by atoms with Crippen molar-refractivity contribution in [3.05, 3.63) is 22.8 Å². The number of aromatic nitrogens is 1. The smallest absolute Gasteiger partial charge is 0.222 e. The van der Waals surface area contributed by atoms with Crippen LogP contribution in [0.15, 0.2) is 12.1 Å². The molecule has 3 N–H and O–H groups in total. The summed E-state index contributed by atoms with van der Waals surface area (Å²) in [4.78, 5) is 18.5. The van der Waals surface area contributed by atoms with Gasteiger partial charge in [0, 0.05) is 13.0 Å². The van der Waals surface area contributed by atoms with Crippen molar-refractivity contribution in [3.63, 3.8) is 0 Å². The van der Waals surface area contributed by atoms with Gasteiger partial charge in [-0.15, -0.1) is 0 Å². The van der Waals surface area contributed by atoms with E-state index in [1.54, 1.807) is 12.1 Å². The van der Waals surface area contributed by atoms with Gasteiger partial charge in [-0.2, -0.15) is 0 Å². The fourth-order valence-electron chi connectivity index (χ4n) is 2.75. The van der Waals surface area contributed by atoms with Crippen LogP contribution >= 0.6 is 11.6 Å². The molecule has 0 saturated carbocycles. The first kappa shape index (κ1) is 16.0. The number of hydrogen-bond acceptors (Lipinski definition) is 4. The van der Waals surface area contributed by atoms with Crippen molar-refractivity contribution >= 4 is 23.3 Å². The summed E-state index contributed by atoms with van der Waals surface area (Å²) in [5.41, 5.74) is 3.19. The topological polar surface area (TPSA) is 71.2 Å². The van der Waals surface area contributed by atoms with Gasteiger partial charge in [0.1, 0.15) is 5.82 Å². The zero-order valence-corrected chi connectivity index (χ0v) is 13.4. The van der Waals surface area contributed by atoms with Crippen LogP contribution in [-0.4, -0.2) is 22.3 Å². The third kappa shape index (κ3) is 4.08. The molecule has 2 rings (SSSR count). The van der Waals surface area contributed by atoms with E-state index in [1.165, 1.54) is 0 Å². The molecule has 1 amide bonds. The van der Waals surface area contributed by atoms with Crippen LogP contribution in [0.1, 0.15) is 38.8 Å². The molecule has 116 valence electrons. The van der Waals surface area contributed by atoms with E-state index < -0.39 is 0 Å². The highest BCUT2D eigenvalue weighted by Crippen LogP contribution is 2.27. The SMILES string of the molecule is CC(C)C1CCC(=O)N(Cc2nc(NN)ccc2Cl)CC1. The lowest BCUT2D eigenvalue weighted by Crippen LogP contribution is -2.30. The molecule has 0 aliphatic carbocycles. The molecule has 21 heavy (non-hydrogen) atoms. The van der Waals surface area contributed by atoms with E-state index in [0.29, 0.717) is 41.3 Å². The summed E-state index contributed by atoms with van der Waals surface area (Å²) in [6.45, 7) is 5.65. The number of hydrazine groups is 1. The Hall–Kier alpha value is -1.33. The van der Waals surface area contributed by atoms with E-state index >= 15 is 0 Å². The highest BCUT2D eigenvalue weighted by atomic mass is 35.5. The number of rotatable bonds is 4. The number of likely N-dealkylation sites (tertiary alicyclic amines) is 1. The molecule has 5 nitrogen and oxygen atoms in total. The van der Waals surface area contributed by atoms with Gasteiger partial charge in [-0.05, 0) is 36.8 Å². The van der Waals surface area contributed by atoms with Gasteiger partial charge >= 0.3 is 0 Å². The molecule has 0 radical (unpaired) electrons. The minimum absolute atomic E-state index is 0.183. The molecular weight excluding hydrogens is 288 g/mol. The Morgan fingerprint density at radius 2 is 2.24 bits per heavy atom. The fourth-order valence-corrected chi connectivity index (χ4v) is 2.91. The molecule has 6 heteroatoms. The fraction of sp³-hybridized carbons (Fsp3) is 0.600. The number of nitrogens with one attached hydrogen (secondary N) is 1. The van der Waals surface area contributed by atoms with Crippen LogP contribution in [0.4, 0.5) is 5.82 Å². The first-order valence-corrected chi connectivity index (χ1v) is 7.79. The number of halogens is 1. The quantitative estimate of drug-likeness (QED) is 0.662. The number of carbonyl (C=O) groups is 1. The molecule has 1 unspecified atom stereocenters. The van der Waals surface area contributed by atoms with Crippen molar-refractivity contribution in [1.29, 1.82) is 0 Å². The van der Waals surface area contributed by atoms with Crippen molar-refractivity contribution in [3.8, 4) is 0 Å². The normalized spacial score (nSPS) is 19.8. The Morgan fingerprint density at radius 3 is 2.90 bits per heavy atom. The summed E-state index contributed by atoms with van der Waals surface area (Å²) >= 11 is 6.17. The van der Waals surface area contributed by atoms with Gasteiger partial charge in [0.05, 0.1) is 17.3 Å². The van der Waals surface area contributed by atoms with Gasteiger partial charge < -0.3 is 10.3 Å². The van der Waals surface area contributed by atoms with Crippen LogP contribution in [0, 0.1) is 11.8 Å². The molecule has 1 aromatic heterocycles. The highest BCUT2D eigenvalue weighted by molar-refractivity contribution is 6.31. The summed E-state index contributed by atoms with van der Waals surface area (Å²) in [6, 6.07) is 3.46. The molecule has 1 atom stereocenters. The molecule has 0 spiro atoms. The number of nitrogens with zero attached hydrogens (tertiary/aromatic N) is 2. The van der Waals surface area contributed by atoms with Crippen molar-refractivity contribution in [2.75, 3.05) is 12.0 Å². The van der Waals surface area contributed by atoms with Crippen LogP contribution < -0.4 is 11.3 Å². The lowest BCUT2D eigenvalue weighted by atomic mass is 9.89. The molecule has 1 aliphatic heterocycles. The molecule has 2 heterocycles. The molecule has 0 bridgehead atoms. The number of nitrogens with two attached hydrogens (primary N) is 1. The van der Waals surface area contributed by atoms with Gasteiger partial charge in [0.15, 0.2) is 0 Å². The first-order valence-electron chi connectivity index (χ1n) is 7.41. The maximum atomic E-state index is 12.3. The number of pyridine rings is 1. The second kappa shape index (κ2) is 7.09. The average Bonchev–Trinajstić information content (AvgIpc) is 2.64. The van der Waals surface area contributed by atoms with Gasteiger partial charge in [-0.3, -0.25) is 4.79 Å². The van der Waals surface area contributed by atoms with Crippen molar-refractivity contribution in [2.24, 2.45) is 17.7 Å². The average molecular weight is 311 g/mol. The van der Waals surface area contributed by atoms with Crippen LogP contribution in [0.2, 0.25) is 5.02 Å². The minimum atomic E-state index is 0.183. The lowest BCUT2D eigenvalue weighted by Gasteiger charge is -2.22. The van der Waals surface area contributed by atoms with E-state index in [1.807, 2.05) is 4.90 Å². The predicted octanol–water partition coefficient (Wildman–Crippen LogP) is 2.81. The van der Waals surface area contributed by atoms with Gasteiger partial charge in [0.25, 0.3) is 0 Å². The predicted molar refractivity (Wildman–Crippen MR) is 84.7 cm³/mol. The van der Waals surface area contributed by atoms with E-state index in [2.05, 4.69) is 24.3 Å². The number of anilines is 1. The van der Waals surface area contributed by atoms with E-state index in [4.69, 9.17) is 17.4 Å². The Kier molecular flexibility index (Phi) is 5.42. The largest absolute Gasteiger partial charge is 0.337 e. The number of carbonyl (C=O) groups excluding carboxylic acids is 1. The van der Waals surface area contributed by atoms with E-state index in [9.17, 15) is 4.79 Å². The molecular formula is C15H23ClN4O. The summed E-state index contributed by atoms with van der Waals surface area (Å²) in [7, 11) is 0.